The van der Waals surface area contributed by atoms with E-state index in [1.807, 2.05) is 12.1 Å². The van der Waals surface area contributed by atoms with Gasteiger partial charge in [-0.25, -0.2) is 4.98 Å². The van der Waals surface area contributed by atoms with Gasteiger partial charge in [0.05, 0.1) is 22.9 Å². The molecule has 2 rings (SSSR count). The van der Waals surface area contributed by atoms with Crippen molar-refractivity contribution >= 4 is 17.4 Å². The molecule has 0 bridgehead atoms. The van der Waals surface area contributed by atoms with E-state index in [0.29, 0.717) is 12.5 Å². The molecule has 1 N–H and O–H groups in total. The number of nitrogens with zero attached hydrogens (tertiary/aromatic N) is 2. The van der Waals surface area contributed by atoms with Gasteiger partial charge in [-0.05, 0) is 38.4 Å². The fourth-order valence-electron chi connectivity index (χ4n) is 2.46. The third kappa shape index (κ3) is 4.83. The van der Waals surface area contributed by atoms with E-state index in [9.17, 15) is 0 Å². The largest absolute Gasteiger partial charge is 0.372 e. The molecule has 0 unspecified atom stereocenters. The monoisotopic (exact) mass is 311 g/mol. The standard InChI is InChI=1S/C16H26ClN3O/c1-12(2)9-18-10-14-13(17)5-6-15(19-14)20-7-8-21-16(3,4)11-20/h5-6,12,18H,7-11H2,1-4H3. The lowest BCUT2D eigenvalue weighted by Gasteiger charge is -2.38. The molecular formula is C16H26ClN3O. The van der Waals surface area contributed by atoms with E-state index in [-0.39, 0.29) is 5.60 Å². The molecule has 0 radical (unpaired) electrons. The van der Waals surface area contributed by atoms with Gasteiger partial charge in [0.2, 0.25) is 0 Å². The first-order valence-electron chi connectivity index (χ1n) is 7.62. The van der Waals surface area contributed by atoms with Gasteiger partial charge < -0.3 is 15.0 Å². The first-order chi connectivity index (χ1) is 9.87. The van der Waals surface area contributed by atoms with Crippen molar-refractivity contribution in [1.82, 2.24) is 10.3 Å². The summed E-state index contributed by atoms with van der Waals surface area (Å²) in [5, 5.41) is 4.12. The van der Waals surface area contributed by atoms with Crippen LogP contribution in [0.15, 0.2) is 12.1 Å². The van der Waals surface area contributed by atoms with Crippen molar-refractivity contribution in [1.29, 1.82) is 0 Å². The van der Waals surface area contributed by atoms with Crippen molar-refractivity contribution in [3.05, 3.63) is 22.8 Å². The molecular weight excluding hydrogens is 286 g/mol. The summed E-state index contributed by atoms with van der Waals surface area (Å²) >= 11 is 6.26. The quantitative estimate of drug-likeness (QED) is 0.906. The molecule has 118 valence electrons. The molecule has 21 heavy (non-hydrogen) atoms. The number of anilines is 1. The molecule has 1 aromatic heterocycles. The summed E-state index contributed by atoms with van der Waals surface area (Å²) in [4.78, 5) is 7.00. The Hall–Kier alpha value is -0.840. The van der Waals surface area contributed by atoms with Crippen LogP contribution in [-0.2, 0) is 11.3 Å². The molecule has 1 fully saturated rings. The smallest absolute Gasteiger partial charge is 0.129 e. The number of halogens is 1. The molecule has 0 aromatic carbocycles. The van der Waals surface area contributed by atoms with Crippen molar-refractivity contribution in [3.8, 4) is 0 Å². The van der Waals surface area contributed by atoms with Gasteiger partial charge in [-0.2, -0.15) is 0 Å². The zero-order valence-electron chi connectivity index (χ0n) is 13.4. The Labute approximate surface area is 132 Å². The topological polar surface area (TPSA) is 37.4 Å². The van der Waals surface area contributed by atoms with E-state index in [1.165, 1.54) is 0 Å². The summed E-state index contributed by atoms with van der Waals surface area (Å²) in [6.45, 7) is 12.7. The molecule has 0 aliphatic carbocycles. The summed E-state index contributed by atoms with van der Waals surface area (Å²) in [5.41, 5.74) is 0.787. The highest BCUT2D eigenvalue weighted by molar-refractivity contribution is 6.31. The summed E-state index contributed by atoms with van der Waals surface area (Å²) in [5.74, 6) is 1.60. The molecule has 0 spiro atoms. The van der Waals surface area contributed by atoms with Crippen LogP contribution in [0.3, 0.4) is 0 Å². The fourth-order valence-corrected chi connectivity index (χ4v) is 2.64. The molecule has 2 heterocycles. The highest BCUT2D eigenvalue weighted by Gasteiger charge is 2.28. The Kier molecular flexibility index (Phi) is 5.47. The predicted molar refractivity (Wildman–Crippen MR) is 88.0 cm³/mol. The van der Waals surface area contributed by atoms with Crippen LogP contribution in [0.2, 0.25) is 5.02 Å². The second-order valence-corrected chi connectivity index (χ2v) is 7.06. The second-order valence-electron chi connectivity index (χ2n) is 6.65. The second kappa shape index (κ2) is 6.95. The molecule has 4 nitrogen and oxygen atoms in total. The Morgan fingerprint density at radius 1 is 1.43 bits per heavy atom. The minimum absolute atomic E-state index is 0.129. The Bertz CT molecular complexity index is 477. The van der Waals surface area contributed by atoms with Crippen molar-refractivity contribution in [3.63, 3.8) is 0 Å². The number of morpholine rings is 1. The van der Waals surface area contributed by atoms with E-state index < -0.39 is 0 Å². The number of hydrogen-bond acceptors (Lipinski definition) is 4. The number of ether oxygens (including phenoxy) is 1. The number of aromatic nitrogens is 1. The average molecular weight is 312 g/mol. The van der Waals surface area contributed by atoms with Crippen molar-refractivity contribution < 1.29 is 4.74 Å². The molecule has 1 saturated heterocycles. The van der Waals surface area contributed by atoms with Gasteiger partial charge in [-0.3, -0.25) is 0 Å². The average Bonchev–Trinajstić information content (AvgIpc) is 2.39. The minimum Gasteiger partial charge on any atom is -0.372 e. The van der Waals surface area contributed by atoms with Crippen LogP contribution in [0, 0.1) is 5.92 Å². The molecule has 0 amide bonds. The van der Waals surface area contributed by atoms with Crippen molar-refractivity contribution in [2.75, 3.05) is 31.1 Å². The molecule has 1 aliphatic rings. The highest BCUT2D eigenvalue weighted by atomic mass is 35.5. The number of rotatable bonds is 5. The molecule has 1 aliphatic heterocycles. The van der Waals surface area contributed by atoms with Crippen LogP contribution in [0.5, 0.6) is 0 Å². The van der Waals surface area contributed by atoms with Crippen molar-refractivity contribution in [2.45, 2.75) is 39.8 Å². The van der Waals surface area contributed by atoms with E-state index in [0.717, 1.165) is 42.8 Å². The SMILES string of the molecule is CC(C)CNCc1nc(N2CCOC(C)(C)C2)ccc1Cl. The molecule has 0 saturated carbocycles. The number of hydrogen-bond donors (Lipinski definition) is 1. The summed E-state index contributed by atoms with van der Waals surface area (Å²) in [6.07, 6.45) is 0. The Balaban J connectivity index is 2.07. The lowest BCUT2D eigenvalue weighted by molar-refractivity contribution is -0.0279. The highest BCUT2D eigenvalue weighted by Crippen LogP contribution is 2.24. The maximum Gasteiger partial charge on any atom is 0.129 e. The lowest BCUT2D eigenvalue weighted by Crippen LogP contribution is -2.48. The summed E-state index contributed by atoms with van der Waals surface area (Å²) in [7, 11) is 0. The fraction of sp³-hybridized carbons (Fsp3) is 0.688. The van der Waals surface area contributed by atoms with Gasteiger partial charge in [0.1, 0.15) is 5.82 Å². The van der Waals surface area contributed by atoms with Crippen LogP contribution < -0.4 is 10.2 Å². The zero-order valence-corrected chi connectivity index (χ0v) is 14.2. The first kappa shape index (κ1) is 16.5. The van der Waals surface area contributed by atoms with E-state index in [2.05, 4.69) is 37.9 Å². The van der Waals surface area contributed by atoms with Crippen LogP contribution in [0.4, 0.5) is 5.82 Å². The van der Waals surface area contributed by atoms with Gasteiger partial charge in [-0.1, -0.05) is 25.4 Å². The predicted octanol–water partition coefficient (Wildman–Crippen LogP) is 3.10. The van der Waals surface area contributed by atoms with Crippen LogP contribution >= 0.6 is 11.6 Å². The zero-order chi connectivity index (χ0) is 15.5. The third-order valence-electron chi connectivity index (χ3n) is 3.50. The molecule has 1 aromatic rings. The van der Waals surface area contributed by atoms with Crippen LogP contribution in [0.1, 0.15) is 33.4 Å². The lowest BCUT2D eigenvalue weighted by atomic mass is 10.1. The maximum atomic E-state index is 6.26. The first-order valence-corrected chi connectivity index (χ1v) is 8.00. The van der Waals surface area contributed by atoms with E-state index >= 15 is 0 Å². The van der Waals surface area contributed by atoms with Gasteiger partial charge in [-0.15, -0.1) is 0 Å². The van der Waals surface area contributed by atoms with Crippen LogP contribution in [0.25, 0.3) is 0 Å². The number of nitrogens with one attached hydrogen (secondary N) is 1. The molecule has 0 atom stereocenters. The van der Waals surface area contributed by atoms with Crippen molar-refractivity contribution in [2.24, 2.45) is 5.92 Å². The summed E-state index contributed by atoms with van der Waals surface area (Å²) in [6, 6.07) is 3.94. The Morgan fingerprint density at radius 3 is 2.86 bits per heavy atom. The van der Waals surface area contributed by atoms with Crippen LogP contribution in [-0.4, -0.2) is 36.8 Å². The minimum atomic E-state index is -0.129. The Morgan fingerprint density at radius 2 is 2.19 bits per heavy atom. The third-order valence-corrected chi connectivity index (χ3v) is 3.84. The summed E-state index contributed by atoms with van der Waals surface area (Å²) < 4.78 is 5.75. The number of pyridine rings is 1. The maximum absolute atomic E-state index is 6.26. The van der Waals surface area contributed by atoms with Gasteiger partial charge in [0.25, 0.3) is 0 Å². The van der Waals surface area contributed by atoms with Gasteiger partial charge in [0.15, 0.2) is 0 Å². The normalized spacial score (nSPS) is 18.3. The van der Waals surface area contributed by atoms with E-state index in [4.69, 9.17) is 21.3 Å². The van der Waals surface area contributed by atoms with E-state index in [1.54, 1.807) is 0 Å². The molecule has 5 heteroatoms. The van der Waals surface area contributed by atoms with Gasteiger partial charge in [0, 0.05) is 19.6 Å². The van der Waals surface area contributed by atoms with Gasteiger partial charge >= 0.3 is 0 Å².